The van der Waals surface area contributed by atoms with Gasteiger partial charge in [0.2, 0.25) is 0 Å². The molecule has 33 valence electrons. The fourth-order valence-corrected chi connectivity index (χ4v) is 0.678. The Morgan fingerprint density at radius 1 is 1.33 bits per heavy atom. The van der Waals surface area contributed by atoms with Crippen molar-refractivity contribution in [2.45, 2.75) is 25.7 Å². The van der Waals surface area contributed by atoms with E-state index in [1.165, 1.54) is 25.7 Å². The number of rotatable bonds is 0. The second-order valence-electron chi connectivity index (χ2n) is 1.65. The van der Waals surface area contributed by atoms with Crippen molar-refractivity contribution in [3.05, 3.63) is 12.2 Å². The topological polar surface area (TPSA) is 0 Å². The molecular formula is C6H9. The van der Waals surface area contributed by atoms with Gasteiger partial charge >= 0.3 is 0 Å². The standard InChI is InChI=1S/C6H9/c1-2-4-6-5-3-1/h1H,2,4-6H2. The van der Waals surface area contributed by atoms with E-state index < -0.39 is 0 Å². The molecule has 0 spiro atoms. The SMILES string of the molecule is [C]1=CCCCC1. The van der Waals surface area contributed by atoms with Crippen LogP contribution in [-0.2, 0) is 0 Å². The maximum atomic E-state index is 3.16. The lowest BCUT2D eigenvalue weighted by Crippen LogP contribution is -1.78. The van der Waals surface area contributed by atoms with E-state index in [1.807, 2.05) is 0 Å². The molecule has 0 aromatic carbocycles. The number of hydrogen-bond donors (Lipinski definition) is 0. The van der Waals surface area contributed by atoms with Crippen molar-refractivity contribution in [2.24, 2.45) is 0 Å². The molecule has 0 amide bonds. The second kappa shape index (κ2) is 2.01. The van der Waals surface area contributed by atoms with Crippen molar-refractivity contribution < 1.29 is 0 Å². The summed E-state index contributed by atoms with van der Waals surface area (Å²) in [5, 5.41) is 0. The summed E-state index contributed by atoms with van der Waals surface area (Å²) >= 11 is 0. The number of hydrogen-bond acceptors (Lipinski definition) is 0. The van der Waals surface area contributed by atoms with Crippen molar-refractivity contribution >= 4 is 0 Å². The van der Waals surface area contributed by atoms with Crippen LogP contribution in [0.2, 0.25) is 0 Å². The van der Waals surface area contributed by atoms with E-state index in [0.29, 0.717) is 0 Å². The van der Waals surface area contributed by atoms with Crippen LogP contribution in [-0.4, -0.2) is 0 Å². The van der Waals surface area contributed by atoms with Crippen LogP contribution in [0.15, 0.2) is 6.08 Å². The monoisotopic (exact) mass is 81.1 g/mol. The van der Waals surface area contributed by atoms with Gasteiger partial charge in [-0.1, -0.05) is 6.08 Å². The predicted octanol–water partition coefficient (Wildman–Crippen LogP) is 1.92. The molecular weight excluding hydrogens is 72.1 g/mol. The summed E-state index contributed by atoms with van der Waals surface area (Å²) in [6.45, 7) is 0. The third-order valence-corrected chi connectivity index (χ3v) is 1.06. The smallest absolute Gasteiger partial charge is 0.0279 e. The average molecular weight is 81.1 g/mol. The molecule has 0 bridgehead atoms. The Hall–Kier alpha value is -0.260. The Labute approximate surface area is 38.9 Å². The summed E-state index contributed by atoms with van der Waals surface area (Å²) in [4.78, 5) is 0. The van der Waals surface area contributed by atoms with Crippen LogP contribution in [0.4, 0.5) is 0 Å². The predicted molar refractivity (Wildman–Crippen MR) is 26.3 cm³/mol. The Balaban J connectivity index is 2.26. The van der Waals surface area contributed by atoms with Gasteiger partial charge in [0.05, 0.1) is 0 Å². The first-order valence-corrected chi connectivity index (χ1v) is 2.55. The third kappa shape index (κ3) is 0.852. The maximum absolute atomic E-state index is 3.16. The van der Waals surface area contributed by atoms with Crippen LogP contribution in [0.5, 0.6) is 0 Å². The van der Waals surface area contributed by atoms with Gasteiger partial charge in [-0.15, -0.1) is 0 Å². The van der Waals surface area contributed by atoms with Crippen molar-refractivity contribution in [1.29, 1.82) is 0 Å². The normalized spacial score (nSPS) is 21.3. The van der Waals surface area contributed by atoms with Crippen molar-refractivity contribution in [1.82, 2.24) is 0 Å². The van der Waals surface area contributed by atoms with Crippen molar-refractivity contribution in [2.75, 3.05) is 0 Å². The zero-order valence-corrected chi connectivity index (χ0v) is 3.91. The van der Waals surface area contributed by atoms with E-state index >= 15 is 0 Å². The molecule has 0 saturated heterocycles. The Kier molecular flexibility index (Phi) is 1.31. The molecule has 0 unspecified atom stereocenters. The Morgan fingerprint density at radius 3 is 2.50 bits per heavy atom. The van der Waals surface area contributed by atoms with Gasteiger partial charge < -0.3 is 0 Å². The van der Waals surface area contributed by atoms with Gasteiger partial charge in [-0.2, -0.15) is 0 Å². The van der Waals surface area contributed by atoms with Crippen LogP contribution in [0, 0.1) is 6.08 Å². The molecule has 0 saturated carbocycles. The molecule has 0 aliphatic heterocycles. The first-order chi connectivity index (χ1) is 3.00. The second-order valence-corrected chi connectivity index (χ2v) is 1.65. The Bertz CT molecular complexity index is 45.1. The summed E-state index contributed by atoms with van der Waals surface area (Å²) in [5.41, 5.74) is 0. The van der Waals surface area contributed by atoms with E-state index in [9.17, 15) is 0 Å². The van der Waals surface area contributed by atoms with Crippen LogP contribution < -0.4 is 0 Å². The highest BCUT2D eigenvalue weighted by Crippen LogP contribution is 2.06. The lowest BCUT2D eigenvalue weighted by atomic mass is 10.1. The van der Waals surface area contributed by atoms with Crippen molar-refractivity contribution in [3.8, 4) is 0 Å². The number of allylic oxidation sites excluding steroid dienone is 2. The van der Waals surface area contributed by atoms with Gasteiger partial charge in [0.25, 0.3) is 0 Å². The highest BCUT2D eigenvalue weighted by Gasteiger charge is 1.87. The molecule has 6 heavy (non-hydrogen) atoms. The minimum absolute atomic E-state index is 1.19. The Morgan fingerprint density at radius 2 is 2.33 bits per heavy atom. The molecule has 1 rings (SSSR count). The van der Waals surface area contributed by atoms with E-state index in [1.54, 1.807) is 0 Å². The first kappa shape index (κ1) is 3.91. The van der Waals surface area contributed by atoms with E-state index in [-0.39, 0.29) is 0 Å². The molecule has 0 N–H and O–H groups in total. The molecule has 0 aromatic rings. The maximum Gasteiger partial charge on any atom is -0.0279 e. The summed E-state index contributed by atoms with van der Waals surface area (Å²) in [6, 6.07) is 0. The van der Waals surface area contributed by atoms with Gasteiger partial charge in [0.15, 0.2) is 0 Å². The van der Waals surface area contributed by atoms with Gasteiger partial charge in [-0.05, 0) is 31.8 Å². The molecule has 1 aliphatic rings. The summed E-state index contributed by atoms with van der Waals surface area (Å²) in [7, 11) is 0. The lowest BCUT2D eigenvalue weighted by molar-refractivity contribution is 0.718. The summed E-state index contributed by atoms with van der Waals surface area (Å²) in [6.07, 6.45) is 10.5. The van der Waals surface area contributed by atoms with E-state index in [2.05, 4.69) is 12.2 Å². The van der Waals surface area contributed by atoms with Crippen LogP contribution >= 0.6 is 0 Å². The quantitative estimate of drug-likeness (QED) is 0.418. The molecule has 0 atom stereocenters. The zero-order valence-electron chi connectivity index (χ0n) is 3.91. The average Bonchev–Trinajstić information content (AvgIpc) is 1.72. The van der Waals surface area contributed by atoms with Gasteiger partial charge in [-0.3, -0.25) is 0 Å². The molecule has 0 heterocycles. The van der Waals surface area contributed by atoms with E-state index in [0.717, 1.165) is 0 Å². The first-order valence-electron chi connectivity index (χ1n) is 2.55. The highest BCUT2D eigenvalue weighted by molar-refractivity contribution is 4.77. The minimum Gasteiger partial charge on any atom is -0.0811 e. The minimum atomic E-state index is 1.19. The highest BCUT2D eigenvalue weighted by atomic mass is 13.9. The molecule has 1 aliphatic carbocycles. The summed E-state index contributed by atoms with van der Waals surface area (Å²) in [5.74, 6) is 0. The van der Waals surface area contributed by atoms with Crippen LogP contribution in [0.3, 0.4) is 0 Å². The molecule has 0 aromatic heterocycles. The van der Waals surface area contributed by atoms with Crippen molar-refractivity contribution in [3.63, 3.8) is 0 Å². The fourth-order valence-electron chi connectivity index (χ4n) is 0.678. The lowest BCUT2D eigenvalue weighted by Gasteiger charge is -1.96. The van der Waals surface area contributed by atoms with Crippen LogP contribution in [0.25, 0.3) is 0 Å². The molecule has 0 heteroatoms. The molecule has 0 nitrogen and oxygen atoms in total. The molecule has 0 fully saturated rings. The van der Waals surface area contributed by atoms with E-state index in [4.69, 9.17) is 0 Å². The van der Waals surface area contributed by atoms with Crippen LogP contribution in [0.1, 0.15) is 25.7 Å². The van der Waals surface area contributed by atoms with Gasteiger partial charge in [0.1, 0.15) is 0 Å². The van der Waals surface area contributed by atoms with Gasteiger partial charge in [0, 0.05) is 0 Å². The largest absolute Gasteiger partial charge is 0.0811 e. The third-order valence-electron chi connectivity index (χ3n) is 1.06. The fraction of sp³-hybridized carbons (Fsp3) is 0.667. The summed E-state index contributed by atoms with van der Waals surface area (Å²) < 4.78 is 0. The van der Waals surface area contributed by atoms with Gasteiger partial charge in [-0.25, -0.2) is 0 Å². The zero-order chi connectivity index (χ0) is 4.24. The molecule has 1 radical (unpaired) electrons.